The fourth-order valence-corrected chi connectivity index (χ4v) is 4.42. The van der Waals surface area contributed by atoms with Crippen LogP contribution < -0.4 is 11.0 Å². The predicted octanol–water partition coefficient (Wildman–Crippen LogP) is 3.23. The quantitative estimate of drug-likeness (QED) is 0.248. The Kier molecular flexibility index (Phi) is 8.93. The summed E-state index contributed by atoms with van der Waals surface area (Å²) in [4.78, 5) is 16.8. The van der Waals surface area contributed by atoms with Crippen molar-refractivity contribution < 1.29 is 0 Å². The number of rotatable bonds is 8. The highest BCUT2D eigenvalue weighted by molar-refractivity contribution is 6.29. The maximum atomic E-state index is 8.14. The summed E-state index contributed by atoms with van der Waals surface area (Å²) in [5.74, 6) is 0. The third kappa shape index (κ3) is 6.34. The van der Waals surface area contributed by atoms with Gasteiger partial charge in [0.1, 0.15) is 10.3 Å². The van der Waals surface area contributed by atoms with Crippen LogP contribution in [0.25, 0.3) is 22.3 Å². The van der Waals surface area contributed by atoms with E-state index in [9.17, 15) is 0 Å². The fraction of sp³-hybridized carbons (Fsp3) is 0.308. The van der Waals surface area contributed by atoms with E-state index in [-0.39, 0.29) is 0 Å². The summed E-state index contributed by atoms with van der Waals surface area (Å²) in [5.41, 5.74) is 4.78. The van der Waals surface area contributed by atoms with Crippen molar-refractivity contribution >= 4 is 45.5 Å². The zero-order valence-corrected chi connectivity index (χ0v) is 24.5. The molecule has 6 rings (SSSR count). The molecule has 6 aromatic heterocycles. The normalized spacial score (nSPS) is 11.1. The van der Waals surface area contributed by atoms with Crippen molar-refractivity contribution in [1.29, 1.82) is 10.8 Å². The topological polar surface area (TPSA) is 171 Å². The van der Waals surface area contributed by atoms with E-state index in [0.717, 1.165) is 37.1 Å². The van der Waals surface area contributed by atoms with E-state index in [0.29, 0.717) is 56.7 Å². The Morgan fingerprint density at radius 2 is 1.07 bits per heavy atom. The molecule has 0 atom stereocenters. The fourth-order valence-electron chi connectivity index (χ4n) is 4.19. The molecular formula is C26H28Cl2N14. The standard InChI is InChI=1S/2C13H14ClN7/c2*1-2-5-20-8-17-13-11(12(20)15)18-19-21(13)7-9-3-4-10(14)16-6-9/h2*3-4,6,8,15H,2,5,7H2,1H3. The molecule has 0 unspecified atom stereocenters. The molecular weight excluding hydrogens is 579 g/mol. The minimum Gasteiger partial charge on any atom is -0.316 e. The molecule has 216 valence electrons. The van der Waals surface area contributed by atoms with Crippen LogP contribution in [-0.4, -0.2) is 59.1 Å². The molecule has 0 saturated heterocycles. The molecule has 6 heterocycles. The molecule has 6 aromatic rings. The Labute approximate surface area is 249 Å². The second kappa shape index (κ2) is 13.0. The number of nitrogens with one attached hydrogen (secondary N) is 2. The van der Waals surface area contributed by atoms with Crippen molar-refractivity contribution in [1.82, 2.24) is 59.1 Å². The number of hydrogen-bond donors (Lipinski definition) is 2. The molecule has 14 nitrogen and oxygen atoms in total. The van der Waals surface area contributed by atoms with Crippen molar-refractivity contribution in [2.45, 2.75) is 52.9 Å². The lowest BCUT2D eigenvalue weighted by Crippen LogP contribution is -2.21. The van der Waals surface area contributed by atoms with Gasteiger partial charge in [-0.25, -0.2) is 29.3 Å². The summed E-state index contributed by atoms with van der Waals surface area (Å²) >= 11 is 11.5. The molecule has 0 saturated carbocycles. The molecule has 0 amide bonds. The first-order valence-electron chi connectivity index (χ1n) is 13.2. The van der Waals surface area contributed by atoms with Gasteiger partial charge in [-0.1, -0.05) is 59.6 Å². The molecule has 0 bridgehead atoms. The summed E-state index contributed by atoms with van der Waals surface area (Å²) < 4.78 is 6.86. The molecule has 0 aliphatic rings. The molecule has 42 heavy (non-hydrogen) atoms. The summed E-state index contributed by atoms with van der Waals surface area (Å²) in [6.45, 7) is 6.59. The van der Waals surface area contributed by atoms with Crippen LogP contribution in [0, 0.1) is 10.8 Å². The van der Waals surface area contributed by atoms with Gasteiger partial charge in [0.15, 0.2) is 33.3 Å². The zero-order chi connectivity index (χ0) is 29.6. The molecule has 0 aromatic carbocycles. The van der Waals surface area contributed by atoms with Crippen LogP contribution in [0.2, 0.25) is 10.3 Å². The van der Waals surface area contributed by atoms with Gasteiger partial charge >= 0.3 is 0 Å². The van der Waals surface area contributed by atoms with Gasteiger partial charge in [-0.05, 0) is 36.1 Å². The second-order valence-electron chi connectivity index (χ2n) is 9.39. The molecule has 0 spiro atoms. The number of aromatic nitrogens is 12. The van der Waals surface area contributed by atoms with Gasteiger partial charge in [0.25, 0.3) is 0 Å². The Morgan fingerprint density at radius 3 is 1.43 bits per heavy atom. The van der Waals surface area contributed by atoms with Gasteiger partial charge in [-0.15, -0.1) is 10.2 Å². The lowest BCUT2D eigenvalue weighted by Gasteiger charge is -2.05. The number of nitrogens with zero attached hydrogens (tertiary/aromatic N) is 12. The van der Waals surface area contributed by atoms with Crippen LogP contribution in [0.3, 0.4) is 0 Å². The summed E-state index contributed by atoms with van der Waals surface area (Å²) in [6, 6.07) is 7.22. The lowest BCUT2D eigenvalue weighted by atomic mass is 10.3. The van der Waals surface area contributed by atoms with Crippen LogP contribution in [0.4, 0.5) is 0 Å². The van der Waals surface area contributed by atoms with Gasteiger partial charge in [0.05, 0.1) is 25.7 Å². The van der Waals surface area contributed by atoms with Crippen molar-refractivity contribution in [2.75, 3.05) is 0 Å². The third-order valence-corrected chi connectivity index (χ3v) is 6.70. The summed E-state index contributed by atoms with van der Waals surface area (Å²) in [7, 11) is 0. The molecule has 0 aliphatic carbocycles. The predicted molar refractivity (Wildman–Crippen MR) is 156 cm³/mol. The van der Waals surface area contributed by atoms with Crippen molar-refractivity contribution in [3.63, 3.8) is 0 Å². The Balaban J connectivity index is 0.000000168. The van der Waals surface area contributed by atoms with Crippen molar-refractivity contribution in [3.05, 3.63) is 81.7 Å². The van der Waals surface area contributed by atoms with Crippen LogP contribution in [0.5, 0.6) is 0 Å². The van der Waals surface area contributed by atoms with Crippen molar-refractivity contribution in [2.24, 2.45) is 0 Å². The first kappa shape index (κ1) is 29.0. The smallest absolute Gasteiger partial charge is 0.184 e. The van der Waals surface area contributed by atoms with Gasteiger partial charge in [-0.2, -0.15) is 0 Å². The Bertz CT molecular complexity index is 1780. The largest absolute Gasteiger partial charge is 0.316 e. The van der Waals surface area contributed by atoms with Crippen molar-refractivity contribution in [3.8, 4) is 0 Å². The number of hydrogen-bond acceptors (Lipinski definition) is 10. The van der Waals surface area contributed by atoms with Crippen LogP contribution >= 0.6 is 23.2 Å². The second-order valence-corrected chi connectivity index (χ2v) is 10.2. The first-order chi connectivity index (χ1) is 20.4. The van der Waals surface area contributed by atoms with E-state index in [1.165, 1.54) is 0 Å². The monoisotopic (exact) mass is 606 g/mol. The van der Waals surface area contributed by atoms with E-state index in [4.69, 9.17) is 34.0 Å². The lowest BCUT2D eigenvalue weighted by molar-refractivity contribution is 0.629. The van der Waals surface area contributed by atoms with Crippen LogP contribution in [-0.2, 0) is 26.2 Å². The van der Waals surface area contributed by atoms with Gasteiger partial charge in [0, 0.05) is 25.5 Å². The Morgan fingerprint density at radius 1 is 0.643 bits per heavy atom. The van der Waals surface area contributed by atoms with E-state index in [2.05, 4.69) is 54.4 Å². The van der Waals surface area contributed by atoms with E-state index in [1.807, 2.05) is 12.1 Å². The highest BCUT2D eigenvalue weighted by Crippen LogP contribution is 2.11. The van der Waals surface area contributed by atoms with E-state index >= 15 is 0 Å². The minimum atomic E-state index is 0.335. The summed E-state index contributed by atoms with van der Waals surface area (Å²) in [5, 5.41) is 33.5. The maximum absolute atomic E-state index is 8.14. The minimum absolute atomic E-state index is 0.335. The van der Waals surface area contributed by atoms with Gasteiger partial charge < -0.3 is 9.13 Å². The maximum Gasteiger partial charge on any atom is 0.184 e. The zero-order valence-electron chi connectivity index (χ0n) is 23.0. The number of aryl methyl sites for hydroxylation is 2. The number of halogens is 2. The highest BCUT2D eigenvalue weighted by atomic mass is 35.5. The molecule has 0 aliphatic heterocycles. The van der Waals surface area contributed by atoms with E-state index < -0.39 is 0 Å². The molecule has 2 N–H and O–H groups in total. The Hall–Kier alpha value is -4.56. The van der Waals surface area contributed by atoms with E-state index in [1.54, 1.807) is 55.7 Å². The van der Waals surface area contributed by atoms with Gasteiger partial charge in [-0.3, -0.25) is 10.8 Å². The highest BCUT2D eigenvalue weighted by Gasteiger charge is 2.11. The van der Waals surface area contributed by atoms with Crippen LogP contribution in [0.1, 0.15) is 37.8 Å². The average molecular weight is 608 g/mol. The molecule has 0 fully saturated rings. The van der Waals surface area contributed by atoms with Crippen LogP contribution in [0.15, 0.2) is 49.3 Å². The first-order valence-corrected chi connectivity index (χ1v) is 14.0. The molecule has 16 heteroatoms. The summed E-state index contributed by atoms with van der Waals surface area (Å²) in [6.07, 6.45) is 8.58. The third-order valence-electron chi connectivity index (χ3n) is 6.25. The number of fused-ring (bicyclic) bond motifs is 2. The number of pyridine rings is 2. The SMILES string of the molecule is CCCn1cnc2c(nnn2Cc2ccc(Cl)nc2)c1=N.CCCn1cnc2c(nnn2Cc2ccc(Cl)nc2)c1=N. The average Bonchev–Trinajstić information content (AvgIpc) is 3.59. The molecule has 0 radical (unpaired) electrons. The van der Waals surface area contributed by atoms with Gasteiger partial charge in [0.2, 0.25) is 0 Å².